The summed E-state index contributed by atoms with van der Waals surface area (Å²) in [5.74, 6) is 0. The summed E-state index contributed by atoms with van der Waals surface area (Å²) in [7, 11) is -0.745. The minimum atomic E-state index is -0.745. The van der Waals surface area contributed by atoms with Gasteiger partial charge in [0.25, 0.3) is 0 Å². The topological polar surface area (TPSA) is 12.4 Å². The number of benzene rings is 5. The molecule has 158 valence electrons. The normalized spacial score (nSPS) is 11.5. The molecule has 0 atom stereocenters. The Morgan fingerprint density at radius 2 is 0.909 bits per heavy atom. The van der Waals surface area contributed by atoms with Gasteiger partial charge in [0, 0.05) is 11.1 Å². The molecule has 5 rings (SSSR count). The molecule has 1 nitrogen and oxygen atoms in total. The second-order valence-corrected chi connectivity index (χ2v) is 9.87. The molecule has 5 aromatic carbocycles. The van der Waals surface area contributed by atoms with Crippen LogP contribution in [-0.2, 0) is 0 Å². The molecule has 0 heterocycles. The number of para-hydroxylation sites is 1. The number of aliphatic imine (C=N–C) groups is 1. The summed E-state index contributed by atoms with van der Waals surface area (Å²) in [6.45, 7) is 0. The van der Waals surface area contributed by atoms with Crippen LogP contribution in [0.15, 0.2) is 151 Å². The Morgan fingerprint density at radius 1 is 0.455 bits per heavy atom. The second-order valence-electron chi connectivity index (χ2n) is 7.69. The van der Waals surface area contributed by atoms with E-state index in [1.807, 2.05) is 18.2 Å². The molecule has 0 aliphatic carbocycles. The van der Waals surface area contributed by atoms with Crippen LogP contribution in [0.3, 0.4) is 0 Å². The quantitative estimate of drug-likeness (QED) is 0.208. The van der Waals surface area contributed by atoms with Crippen molar-refractivity contribution in [2.75, 3.05) is 0 Å². The van der Waals surface area contributed by atoms with Crippen LogP contribution in [0.25, 0.3) is 0 Å². The maximum Gasteiger partial charge on any atom is 0.0788 e. The van der Waals surface area contributed by atoms with Crippen LogP contribution in [0.5, 0.6) is 0 Å². The molecule has 0 saturated carbocycles. The Labute approximate surface area is 196 Å². The maximum atomic E-state index is 5.16. The Kier molecular flexibility index (Phi) is 6.52. The van der Waals surface area contributed by atoms with E-state index in [0.717, 1.165) is 17.0 Å². The molecule has 0 N–H and O–H groups in total. The molecule has 0 aromatic heterocycles. The fraction of sp³-hybridized carbons (Fsp3) is 0. The van der Waals surface area contributed by atoms with Gasteiger partial charge in [0.2, 0.25) is 0 Å². The van der Waals surface area contributed by atoms with Crippen LogP contribution in [-0.4, -0.2) is 5.71 Å². The molecule has 0 radical (unpaired) electrons. The minimum absolute atomic E-state index is 0.745. The van der Waals surface area contributed by atoms with Crippen molar-refractivity contribution in [3.05, 3.63) is 157 Å². The standard InChI is InChI=1S/C31H24NP/c1-5-15-25(16-6-1)31(32-26-17-7-2-8-18-26)29-23-13-14-24-30(29)33(27-19-9-3-10-20-27)28-21-11-4-12-22-28/h1-24H. The van der Waals surface area contributed by atoms with Gasteiger partial charge in [-0.3, -0.25) is 0 Å². The summed E-state index contributed by atoms with van der Waals surface area (Å²) in [5, 5.41) is 3.97. The molecular weight excluding hydrogens is 417 g/mol. The first-order chi connectivity index (χ1) is 16.4. The fourth-order valence-corrected chi connectivity index (χ4v) is 6.41. The molecule has 0 bridgehead atoms. The number of hydrogen-bond acceptors (Lipinski definition) is 1. The van der Waals surface area contributed by atoms with E-state index in [1.54, 1.807) is 0 Å². The molecule has 0 aliphatic rings. The highest BCUT2D eigenvalue weighted by Gasteiger charge is 2.22. The zero-order valence-electron chi connectivity index (χ0n) is 18.3. The van der Waals surface area contributed by atoms with Crippen molar-refractivity contribution in [1.82, 2.24) is 0 Å². The smallest absolute Gasteiger partial charge is 0.0788 e. The Balaban J connectivity index is 1.75. The lowest BCUT2D eigenvalue weighted by atomic mass is 10.0. The first-order valence-corrected chi connectivity index (χ1v) is 12.4. The Morgan fingerprint density at radius 3 is 1.48 bits per heavy atom. The Hall–Kier alpha value is -3.80. The van der Waals surface area contributed by atoms with E-state index in [1.165, 1.54) is 21.5 Å². The fourth-order valence-electron chi connectivity index (χ4n) is 3.96. The van der Waals surface area contributed by atoms with Crippen molar-refractivity contribution in [2.24, 2.45) is 4.99 Å². The summed E-state index contributed by atoms with van der Waals surface area (Å²) >= 11 is 0. The van der Waals surface area contributed by atoms with E-state index in [0.29, 0.717) is 0 Å². The molecule has 0 amide bonds. The third-order valence-corrected chi connectivity index (χ3v) is 7.97. The Bertz CT molecular complexity index is 1290. The molecule has 0 aliphatic heterocycles. The first-order valence-electron chi connectivity index (χ1n) is 11.1. The van der Waals surface area contributed by atoms with Crippen LogP contribution < -0.4 is 15.9 Å². The van der Waals surface area contributed by atoms with Gasteiger partial charge >= 0.3 is 0 Å². The van der Waals surface area contributed by atoms with Gasteiger partial charge in [-0.15, -0.1) is 0 Å². The minimum Gasteiger partial charge on any atom is -0.248 e. The van der Waals surface area contributed by atoms with Crippen LogP contribution in [0.1, 0.15) is 11.1 Å². The van der Waals surface area contributed by atoms with Gasteiger partial charge in [0.1, 0.15) is 0 Å². The van der Waals surface area contributed by atoms with Crippen molar-refractivity contribution in [3.8, 4) is 0 Å². The van der Waals surface area contributed by atoms with E-state index in [4.69, 9.17) is 4.99 Å². The lowest BCUT2D eigenvalue weighted by Crippen LogP contribution is -2.25. The SMILES string of the molecule is c1ccc(N=C(c2ccccc2)c2ccccc2P(c2ccccc2)c2ccccc2)cc1. The third-order valence-electron chi connectivity index (χ3n) is 5.47. The van der Waals surface area contributed by atoms with Crippen LogP contribution in [0.4, 0.5) is 5.69 Å². The molecular formula is C31H24NP. The average Bonchev–Trinajstić information content (AvgIpc) is 2.90. The summed E-state index contributed by atoms with van der Waals surface area (Å²) in [4.78, 5) is 5.16. The number of hydrogen-bond donors (Lipinski definition) is 0. The average molecular weight is 442 g/mol. The van der Waals surface area contributed by atoms with E-state index >= 15 is 0 Å². The van der Waals surface area contributed by atoms with Crippen LogP contribution >= 0.6 is 7.92 Å². The van der Waals surface area contributed by atoms with Gasteiger partial charge in [-0.25, -0.2) is 4.99 Å². The second kappa shape index (κ2) is 10.2. The number of nitrogens with zero attached hydrogens (tertiary/aromatic N) is 1. The summed E-state index contributed by atoms with van der Waals surface area (Å²) in [6.07, 6.45) is 0. The predicted molar refractivity (Wildman–Crippen MR) is 143 cm³/mol. The zero-order chi connectivity index (χ0) is 22.3. The summed E-state index contributed by atoms with van der Waals surface area (Å²) in [6, 6.07) is 51.1. The van der Waals surface area contributed by atoms with Crippen molar-refractivity contribution in [1.29, 1.82) is 0 Å². The van der Waals surface area contributed by atoms with Gasteiger partial charge < -0.3 is 0 Å². The molecule has 0 fully saturated rings. The maximum absolute atomic E-state index is 5.16. The third kappa shape index (κ3) is 4.85. The van der Waals surface area contributed by atoms with Crippen molar-refractivity contribution in [3.63, 3.8) is 0 Å². The lowest BCUT2D eigenvalue weighted by molar-refractivity contribution is 1.48. The summed E-state index contributed by atoms with van der Waals surface area (Å²) < 4.78 is 0. The predicted octanol–water partition coefficient (Wildman–Crippen LogP) is 6.61. The van der Waals surface area contributed by atoms with Crippen LogP contribution in [0.2, 0.25) is 0 Å². The highest BCUT2D eigenvalue weighted by atomic mass is 31.1. The molecule has 0 spiro atoms. The van der Waals surface area contributed by atoms with Gasteiger partial charge in [-0.2, -0.15) is 0 Å². The first kappa shape index (κ1) is 21.1. The molecule has 5 aromatic rings. The monoisotopic (exact) mass is 441 g/mol. The van der Waals surface area contributed by atoms with Gasteiger partial charge in [-0.05, 0) is 36.0 Å². The largest absolute Gasteiger partial charge is 0.248 e. The van der Waals surface area contributed by atoms with E-state index < -0.39 is 7.92 Å². The van der Waals surface area contributed by atoms with Crippen molar-refractivity contribution in [2.45, 2.75) is 0 Å². The van der Waals surface area contributed by atoms with Gasteiger partial charge in [0.15, 0.2) is 0 Å². The van der Waals surface area contributed by atoms with Crippen molar-refractivity contribution < 1.29 is 0 Å². The van der Waals surface area contributed by atoms with Gasteiger partial charge in [-0.1, -0.05) is 133 Å². The summed E-state index contributed by atoms with van der Waals surface area (Å²) in [5.41, 5.74) is 4.24. The molecule has 2 heteroatoms. The van der Waals surface area contributed by atoms with E-state index in [2.05, 4.69) is 127 Å². The van der Waals surface area contributed by atoms with E-state index in [9.17, 15) is 0 Å². The number of rotatable bonds is 6. The lowest BCUT2D eigenvalue weighted by Gasteiger charge is -2.23. The van der Waals surface area contributed by atoms with E-state index in [-0.39, 0.29) is 0 Å². The molecule has 33 heavy (non-hydrogen) atoms. The highest BCUT2D eigenvalue weighted by molar-refractivity contribution is 7.80. The van der Waals surface area contributed by atoms with Crippen LogP contribution in [0, 0.1) is 0 Å². The molecule has 0 unspecified atom stereocenters. The van der Waals surface area contributed by atoms with Crippen molar-refractivity contribution >= 4 is 35.2 Å². The zero-order valence-corrected chi connectivity index (χ0v) is 19.1. The van der Waals surface area contributed by atoms with Gasteiger partial charge in [0.05, 0.1) is 11.4 Å². The highest BCUT2D eigenvalue weighted by Crippen LogP contribution is 2.35. The molecule has 0 saturated heterocycles.